The number of benzene rings is 2. The maximum Gasteiger partial charge on any atom is 0.255 e. The summed E-state index contributed by atoms with van der Waals surface area (Å²) >= 11 is 6.18. The zero-order chi connectivity index (χ0) is 21.2. The Hall–Kier alpha value is -2.22. The maximum atomic E-state index is 13.1. The van der Waals surface area contributed by atoms with E-state index >= 15 is 0 Å². The molecule has 0 spiro atoms. The summed E-state index contributed by atoms with van der Waals surface area (Å²) in [6, 6.07) is 10.7. The van der Waals surface area contributed by atoms with Crippen LogP contribution in [0.25, 0.3) is 0 Å². The number of carbonyl (C=O) groups is 2. The summed E-state index contributed by atoms with van der Waals surface area (Å²) in [5.41, 5.74) is 1.23. The highest BCUT2D eigenvalue weighted by molar-refractivity contribution is 7.89. The second kappa shape index (κ2) is 8.65. The number of rotatable bonds is 5. The second-order valence-electron chi connectivity index (χ2n) is 7.34. The molecule has 1 amide bonds. The summed E-state index contributed by atoms with van der Waals surface area (Å²) in [4.78, 5) is 23.9. The van der Waals surface area contributed by atoms with E-state index in [1.807, 2.05) is 6.92 Å². The third kappa shape index (κ3) is 4.86. The van der Waals surface area contributed by atoms with E-state index in [2.05, 4.69) is 5.32 Å². The number of anilines is 1. The molecule has 0 saturated carbocycles. The molecule has 154 valence electrons. The predicted molar refractivity (Wildman–Crippen MR) is 113 cm³/mol. The van der Waals surface area contributed by atoms with Crippen LogP contribution >= 0.6 is 11.6 Å². The second-order valence-corrected chi connectivity index (χ2v) is 9.66. The lowest BCUT2D eigenvalue weighted by Gasteiger charge is -2.30. The van der Waals surface area contributed by atoms with Gasteiger partial charge in [-0.3, -0.25) is 9.59 Å². The van der Waals surface area contributed by atoms with E-state index in [9.17, 15) is 18.0 Å². The summed E-state index contributed by atoms with van der Waals surface area (Å²) in [6.07, 6.45) is 1.79. The summed E-state index contributed by atoms with van der Waals surface area (Å²) in [5.74, 6) is -0.245. The van der Waals surface area contributed by atoms with E-state index in [0.717, 1.165) is 12.8 Å². The number of hydrogen-bond acceptors (Lipinski definition) is 4. The highest BCUT2D eigenvalue weighted by atomic mass is 35.5. The van der Waals surface area contributed by atoms with Crippen molar-refractivity contribution in [2.75, 3.05) is 18.4 Å². The number of amides is 1. The number of sulfonamides is 1. The first-order chi connectivity index (χ1) is 13.7. The molecule has 1 heterocycles. The first-order valence-corrected chi connectivity index (χ1v) is 11.2. The monoisotopic (exact) mass is 434 g/mol. The Bertz CT molecular complexity index is 1040. The van der Waals surface area contributed by atoms with Crippen LogP contribution < -0.4 is 5.32 Å². The lowest BCUT2D eigenvalue weighted by atomic mass is 10.0. The minimum atomic E-state index is -3.79. The van der Waals surface area contributed by atoms with E-state index in [4.69, 9.17) is 11.6 Å². The van der Waals surface area contributed by atoms with Gasteiger partial charge in [0.05, 0.1) is 5.02 Å². The third-order valence-corrected chi connectivity index (χ3v) is 7.33. The van der Waals surface area contributed by atoms with Gasteiger partial charge in [0, 0.05) is 29.9 Å². The molecular formula is C21H23ClN2O4S. The minimum Gasteiger partial charge on any atom is -0.322 e. The number of nitrogens with one attached hydrogen (secondary N) is 1. The van der Waals surface area contributed by atoms with Gasteiger partial charge in [-0.15, -0.1) is 0 Å². The van der Waals surface area contributed by atoms with Crippen LogP contribution in [0.3, 0.4) is 0 Å². The SMILES string of the molecule is CC(=O)c1ccc(NC(=O)c2ccc(Cl)c(S(=O)(=O)N3CCCC(C)C3)c2)cc1. The lowest BCUT2D eigenvalue weighted by Crippen LogP contribution is -2.39. The molecular weight excluding hydrogens is 412 g/mol. The highest BCUT2D eigenvalue weighted by Gasteiger charge is 2.30. The average Bonchev–Trinajstić information content (AvgIpc) is 2.68. The molecule has 1 saturated heterocycles. The number of ketones is 1. The van der Waals surface area contributed by atoms with Crippen molar-refractivity contribution in [3.8, 4) is 0 Å². The first kappa shape index (κ1) is 21.5. The Kier molecular flexibility index (Phi) is 6.41. The van der Waals surface area contributed by atoms with E-state index in [-0.39, 0.29) is 27.2 Å². The van der Waals surface area contributed by atoms with Crippen LogP contribution in [-0.2, 0) is 10.0 Å². The number of hydrogen-bond donors (Lipinski definition) is 1. The molecule has 1 unspecified atom stereocenters. The maximum absolute atomic E-state index is 13.1. The normalized spacial score (nSPS) is 17.7. The zero-order valence-electron chi connectivity index (χ0n) is 16.3. The summed E-state index contributed by atoms with van der Waals surface area (Å²) in [7, 11) is -3.79. The number of Topliss-reactive ketones (excluding diaryl/α,β-unsaturated/α-hetero) is 1. The van der Waals surface area contributed by atoms with Gasteiger partial charge in [0.2, 0.25) is 10.0 Å². The molecule has 1 aliphatic heterocycles. The van der Waals surface area contributed by atoms with Crippen molar-refractivity contribution in [2.45, 2.75) is 31.6 Å². The number of nitrogens with zero attached hydrogens (tertiary/aromatic N) is 1. The fourth-order valence-corrected chi connectivity index (χ4v) is 5.44. The Morgan fingerprint density at radius 2 is 1.76 bits per heavy atom. The minimum absolute atomic E-state index is 0.0622. The summed E-state index contributed by atoms with van der Waals surface area (Å²) < 4.78 is 27.6. The Morgan fingerprint density at radius 3 is 2.38 bits per heavy atom. The van der Waals surface area contributed by atoms with Gasteiger partial charge in [0.1, 0.15) is 4.90 Å². The largest absolute Gasteiger partial charge is 0.322 e. The van der Waals surface area contributed by atoms with Gasteiger partial charge in [-0.25, -0.2) is 8.42 Å². The van der Waals surface area contributed by atoms with Crippen molar-refractivity contribution < 1.29 is 18.0 Å². The molecule has 1 atom stereocenters. The van der Waals surface area contributed by atoms with Crippen LogP contribution in [0.2, 0.25) is 5.02 Å². The smallest absolute Gasteiger partial charge is 0.255 e. The molecule has 0 bridgehead atoms. The first-order valence-electron chi connectivity index (χ1n) is 9.40. The zero-order valence-corrected chi connectivity index (χ0v) is 17.9. The summed E-state index contributed by atoms with van der Waals surface area (Å²) in [5, 5.41) is 2.80. The topological polar surface area (TPSA) is 83.5 Å². The Labute approximate surface area is 175 Å². The molecule has 2 aromatic rings. The van der Waals surface area contributed by atoms with Crippen LogP contribution in [0.1, 0.15) is 47.4 Å². The molecule has 0 radical (unpaired) electrons. The van der Waals surface area contributed by atoms with E-state index in [1.54, 1.807) is 24.3 Å². The molecule has 1 aliphatic rings. The van der Waals surface area contributed by atoms with Crippen molar-refractivity contribution in [1.82, 2.24) is 4.31 Å². The van der Waals surface area contributed by atoms with Crippen molar-refractivity contribution in [1.29, 1.82) is 0 Å². The Morgan fingerprint density at radius 1 is 1.10 bits per heavy atom. The van der Waals surface area contributed by atoms with Gasteiger partial charge in [-0.05, 0) is 68.1 Å². The molecule has 1 N–H and O–H groups in total. The number of carbonyl (C=O) groups excluding carboxylic acids is 2. The molecule has 1 fully saturated rings. The fraction of sp³-hybridized carbons (Fsp3) is 0.333. The van der Waals surface area contributed by atoms with Crippen molar-refractivity contribution in [3.05, 3.63) is 58.6 Å². The number of piperidine rings is 1. The molecule has 3 rings (SSSR count). The molecule has 8 heteroatoms. The van der Waals surface area contributed by atoms with Crippen molar-refractivity contribution in [3.63, 3.8) is 0 Å². The Balaban J connectivity index is 1.84. The predicted octanol–water partition coefficient (Wildman–Crippen LogP) is 4.22. The van der Waals surface area contributed by atoms with Crippen molar-refractivity contribution >= 4 is 39.0 Å². The lowest BCUT2D eigenvalue weighted by molar-refractivity contribution is 0.101. The van der Waals surface area contributed by atoms with Gasteiger partial charge < -0.3 is 5.32 Å². The van der Waals surface area contributed by atoms with E-state index < -0.39 is 15.9 Å². The molecule has 2 aromatic carbocycles. The van der Waals surface area contributed by atoms with Crippen LogP contribution in [0.5, 0.6) is 0 Å². The van der Waals surface area contributed by atoms with Gasteiger partial charge >= 0.3 is 0 Å². The van der Waals surface area contributed by atoms with Gasteiger partial charge in [-0.2, -0.15) is 4.31 Å². The van der Waals surface area contributed by atoms with Crippen LogP contribution in [0.15, 0.2) is 47.4 Å². The standard InChI is InChI=1S/C21H23ClN2O4S/c1-14-4-3-11-24(13-14)29(27,28)20-12-17(7-10-19(20)22)21(26)23-18-8-5-16(6-9-18)15(2)25/h5-10,12,14H,3-4,11,13H2,1-2H3,(H,23,26). The molecule has 0 aromatic heterocycles. The fourth-order valence-electron chi connectivity index (χ4n) is 3.34. The molecule has 29 heavy (non-hydrogen) atoms. The van der Waals surface area contributed by atoms with Gasteiger partial charge in [0.15, 0.2) is 5.78 Å². The third-order valence-electron chi connectivity index (χ3n) is 4.98. The van der Waals surface area contributed by atoms with E-state index in [1.165, 1.54) is 29.4 Å². The number of halogens is 1. The van der Waals surface area contributed by atoms with Gasteiger partial charge in [-0.1, -0.05) is 18.5 Å². The molecule has 0 aliphatic carbocycles. The summed E-state index contributed by atoms with van der Waals surface area (Å²) in [6.45, 7) is 4.37. The average molecular weight is 435 g/mol. The highest BCUT2D eigenvalue weighted by Crippen LogP contribution is 2.29. The van der Waals surface area contributed by atoms with Gasteiger partial charge in [0.25, 0.3) is 5.91 Å². The van der Waals surface area contributed by atoms with Crippen LogP contribution in [0, 0.1) is 5.92 Å². The van der Waals surface area contributed by atoms with Crippen molar-refractivity contribution in [2.24, 2.45) is 5.92 Å². The quantitative estimate of drug-likeness (QED) is 0.714. The van der Waals surface area contributed by atoms with Crippen LogP contribution in [-0.4, -0.2) is 37.5 Å². The van der Waals surface area contributed by atoms with Crippen LogP contribution in [0.4, 0.5) is 5.69 Å². The molecule has 6 nitrogen and oxygen atoms in total. The van der Waals surface area contributed by atoms with E-state index in [0.29, 0.717) is 24.3 Å².